The van der Waals surface area contributed by atoms with Crippen molar-refractivity contribution < 1.29 is 13.9 Å². The molecule has 0 aliphatic heterocycles. The predicted octanol–water partition coefficient (Wildman–Crippen LogP) is 4.10. The third-order valence-corrected chi connectivity index (χ3v) is 2.81. The highest BCUT2D eigenvalue weighted by atomic mass is 79.9. The Hall–Kier alpha value is -1.42. The minimum absolute atomic E-state index is 0.0552. The van der Waals surface area contributed by atoms with E-state index in [0.717, 1.165) is 0 Å². The maximum Gasteiger partial charge on any atom is 0.148 e. The average Bonchev–Trinajstić information content (AvgIpc) is 2.27. The first kappa shape index (κ1) is 11.1. The van der Waals surface area contributed by atoms with Gasteiger partial charge in [-0.25, -0.2) is 8.78 Å². The lowest BCUT2D eigenvalue weighted by Crippen LogP contribution is -1.90. The number of phenolic OH excluding ortho intramolecular Hbond substituents is 1. The fourth-order valence-corrected chi connectivity index (χ4v) is 1.75. The van der Waals surface area contributed by atoms with E-state index in [1.807, 2.05) is 0 Å². The molecule has 82 valence electrons. The zero-order valence-electron chi connectivity index (χ0n) is 8.05. The molecule has 0 saturated carbocycles. The van der Waals surface area contributed by atoms with Crippen molar-refractivity contribution in [1.29, 1.82) is 0 Å². The molecule has 0 bridgehead atoms. The average molecular weight is 285 g/mol. The van der Waals surface area contributed by atoms with Crippen molar-refractivity contribution >= 4 is 15.9 Å². The van der Waals surface area contributed by atoms with Crippen LogP contribution in [-0.4, -0.2) is 5.11 Å². The second kappa shape index (κ2) is 4.22. The van der Waals surface area contributed by atoms with Gasteiger partial charge < -0.3 is 5.11 Å². The van der Waals surface area contributed by atoms with Gasteiger partial charge in [0.15, 0.2) is 0 Å². The Kier molecular flexibility index (Phi) is 2.92. The molecule has 2 rings (SSSR count). The van der Waals surface area contributed by atoms with Gasteiger partial charge in [0.25, 0.3) is 0 Å². The maximum atomic E-state index is 13.7. The zero-order chi connectivity index (χ0) is 11.7. The van der Waals surface area contributed by atoms with Crippen LogP contribution in [0.5, 0.6) is 5.75 Å². The Morgan fingerprint density at radius 3 is 2.19 bits per heavy atom. The van der Waals surface area contributed by atoms with Gasteiger partial charge in [-0.1, -0.05) is 12.1 Å². The molecule has 1 N–H and O–H groups in total. The fraction of sp³-hybridized carbons (Fsp3) is 0. The van der Waals surface area contributed by atoms with Crippen molar-refractivity contribution in [3.8, 4) is 16.9 Å². The first-order valence-corrected chi connectivity index (χ1v) is 5.32. The summed E-state index contributed by atoms with van der Waals surface area (Å²) in [6.07, 6.45) is 0. The summed E-state index contributed by atoms with van der Waals surface area (Å²) in [5.74, 6) is -1.23. The Balaban J connectivity index is 2.63. The number of halogens is 3. The van der Waals surface area contributed by atoms with Crippen molar-refractivity contribution in [2.45, 2.75) is 0 Å². The number of hydrogen-bond acceptors (Lipinski definition) is 1. The van der Waals surface area contributed by atoms with Gasteiger partial charge in [0, 0.05) is 0 Å². The summed E-state index contributed by atoms with van der Waals surface area (Å²) in [5.41, 5.74) is 0.281. The highest BCUT2D eigenvalue weighted by Gasteiger charge is 2.13. The zero-order valence-corrected chi connectivity index (χ0v) is 9.63. The summed E-state index contributed by atoms with van der Waals surface area (Å²) in [7, 11) is 0. The SMILES string of the molecule is Oc1ccc(-c2c(F)ccc(Br)c2F)cc1. The van der Waals surface area contributed by atoms with Crippen LogP contribution in [-0.2, 0) is 0 Å². The molecule has 0 amide bonds. The van der Waals surface area contributed by atoms with Gasteiger partial charge in [0.2, 0.25) is 0 Å². The lowest BCUT2D eigenvalue weighted by Gasteiger charge is -2.06. The Morgan fingerprint density at radius 2 is 1.56 bits per heavy atom. The smallest absolute Gasteiger partial charge is 0.148 e. The second-order valence-corrected chi connectivity index (χ2v) is 4.12. The van der Waals surface area contributed by atoms with E-state index in [-0.39, 0.29) is 15.8 Å². The molecule has 4 heteroatoms. The number of aromatic hydroxyl groups is 1. The maximum absolute atomic E-state index is 13.7. The number of phenols is 1. The van der Waals surface area contributed by atoms with Crippen molar-refractivity contribution in [2.24, 2.45) is 0 Å². The quantitative estimate of drug-likeness (QED) is 0.782. The van der Waals surface area contributed by atoms with Gasteiger partial charge in [0.05, 0.1) is 10.0 Å². The van der Waals surface area contributed by atoms with Crippen molar-refractivity contribution in [3.63, 3.8) is 0 Å². The first-order chi connectivity index (χ1) is 7.59. The van der Waals surface area contributed by atoms with E-state index in [0.29, 0.717) is 5.56 Å². The van der Waals surface area contributed by atoms with Crippen LogP contribution in [0.3, 0.4) is 0 Å². The van der Waals surface area contributed by atoms with Gasteiger partial charge in [-0.3, -0.25) is 0 Å². The van der Waals surface area contributed by atoms with Crippen molar-refractivity contribution in [3.05, 3.63) is 52.5 Å². The highest BCUT2D eigenvalue weighted by molar-refractivity contribution is 9.10. The van der Waals surface area contributed by atoms with Crippen LogP contribution in [0.2, 0.25) is 0 Å². The van der Waals surface area contributed by atoms with Gasteiger partial charge in [-0.15, -0.1) is 0 Å². The molecule has 16 heavy (non-hydrogen) atoms. The summed E-state index contributed by atoms with van der Waals surface area (Å²) < 4.78 is 27.4. The third-order valence-electron chi connectivity index (χ3n) is 2.20. The van der Waals surface area contributed by atoms with Gasteiger partial charge in [0.1, 0.15) is 17.4 Å². The Bertz CT molecular complexity index is 523. The van der Waals surface area contributed by atoms with Crippen LogP contribution in [0.15, 0.2) is 40.9 Å². The lowest BCUT2D eigenvalue weighted by atomic mass is 10.0. The summed E-state index contributed by atoms with van der Waals surface area (Å²) in [5, 5.41) is 9.10. The molecule has 2 aromatic rings. The first-order valence-electron chi connectivity index (χ1n) is 4.52. The van der Waals surface area contributed by atoms with E-state index in [1.54, 1.807) is 0 Å². The summed E-state index contributed by atoms with van der Waals surface area (Å²) >= 11 is 3.00. The van der Waals surface area contributed by atoms with Crippen LogP contribution in [0, 0.1) is 11.6 Å². The molecule has 0 atom stereocenters. The van der Waals surface area contributed by atoms with Crippen LogP contribution >= 0.6 is 15.9 Å². The minimum Gasteiger partial charge on any atom is -0.508 e. The van der Waals surface area contributed by atoms with Crippen molar-refractivity contribution in [1.82, 2.24) is 0 Å². The topological polar surface area (TPSA) is 20.2 Å². The second-order valence-electron chi connectivity index (χ2n) is 3.27. The molecule has 0 aromatic heterocycles. The van der Waals surface area contributed by atoms with E-state index in [9.17, 15) is 8.78 Å². The van der Waals surface area contributed by atoms with Crippen molar-refractivity contribution in [2.75, 3.05) is 0 Å². The van der Waals surface area contributed by atoms with Crippen LogP contribution in [0.25, 0.3) is 11.1 Å². The van der Waals surface area contributed by atoms with E-state index < -0.39 is 11.6 Å². The van der Waals surface area contributed by atoms with E-state index >= 15 is 0 Å². The molecule has 0 heterocycles. The molecule has 0 aliphatic rings. The number of rotatable bonds is 1. The highest BCUT2D eigenvalue weighted by Crippen LogP contribution is 2.31. The normalized spacial score (nSPS) is 10.4. The molecule has 2 aromatic carbocycles. The largest absolute Gasteiger partial charge is 0.508 e. The van der Waals surface area contributed by atoms with E-state index in [2.05, 4.69) is 15.9 Å². The van der Waals surface area contributed by atoms with E-state index in [4.69, 9.17) is 5.11 Å². The number of benzene rings is 2. The molecule has 1 nitrogen and oxygen atoms in total. The molecule has 0 fully saturated rings. The molecule has 0 saturated heterocycles. The third kappa shape index (κ3) is 1.93. The van der Waals surface area contributed by atoms with Crippen LogP contribution < -0.4 is 0 Å². The standard InChI is InChI=1S/C12H7BrF2O/c13-9-5-6-10(14)11(12(9)15)7-1-3-8(16)4-2-7/h1-6,16H. The van der Waals surface area contributed by atoms with Crippen LogP contribution in [0.4, 0.5) is 8.78 Å². The van der Waals surface area contributed by atoms with Gasteiger partial charge >= 0.3 is 0 Å². The Morgan fingerprint density at radius 1 is 0.938 bits per heavy atom. The monoisotopic (exact) mass is 284 g/mol. The summed E-state index contributed by atoms with van der Waals surface area (Å²) in [4.78, 5) is 0. The molecule has 0 unspecified atom stereocenters. The molecule has 0 spiro atoms. The van der Waals surface area contributed by atoms with E-state index in [1.165, 1.54) is 36.4 Å². The molecule has 0 aliphatic carbocycles. The molecular formula is C12H7BrF2O. The van der Waals surface area contributed by atoms with Gasteiger partial charge in [-0.05, 0) is 45.8 Å². The predicted molar refractivity (Wildman–Crippen MR) is 61.2 cm³/mol. The fourth-order valence-electron chi connectivity index (χ4n) is 1.42. The lowest BCUT2D eigenvalue weighted by molar-refractivity contribution is 0.475. The Labute approximate surface area is 99.5 Å². The summed E-state index contributed by atoms with van der Waals surface area (Å²) in [6.45, 7) is 0. The van der Waals surface area contributed by atoms with Crippen LogP contribution in [0.1, 0.15) is 0 Å². The molecule has 0 radical (unpaired) electrons. The minimum atomic E-state index is -0.648. The van der Waals surface area contributed by atoms with Gasteiger partial charge in [-0.2, -0.15) is 0 Å². The summed E-state index contributed by atoms with van der Waals surface area (Å²) in [6, 6.07) is 8.20. The number of hydrogen-bond donors (Lipinski definition) is 1. The molecular weight excluding hydrogens is 278 g/mol.